The van der Waals surface area contributed by atoms with E-state index < -0.39 is 0 Å². The van der Waals surface area contributed by atoms with Gasteiger partial charge in [0.05, 0.1) is 13.7 Å². The Hall–Kier alpha value is -1.22. The van der Waals surface area contributed by atoms with E-state index in [0.717, 1.165) is 30.5 Å². The first-order valence-electron chi connectivity index (χ1n) is 7.84. The van der Waals surface area contributed by atoms with Crippen LogP contribution in [0.15, 0.2) is 18.2 Å². The molecule has 112 valence electrons. The summed E-state index contributed by atoms with van der Waals surface area (Å²) in [7, 11) is 1.71. The number of para-hydroxylation sites is 1. The van der Waals surface area contributed by atoms with Gasteiger partial charge >= 0.3 is 0 Å². The topological polar surface area (TPSA) is 30.5 Å². The van der Waals surface area contributed by atoms with Crippen LogP contribution in [0.5, 0.6) is 11.5 Å². The lowest BCUT2D eigenvalue weighted by Gasteiger charge is -2.15. The highest BCUT2D eigenvalue weighted by Crippen LogP contribution is 2.31. The standard InChI is InChI=1S/C17H27NO2/c1-3-20-16-10-6-9-15(17(16)19-2)13-18-12-11-14-7-4-5-8-14/h6,9-10,14,18H,3-5,7-8,11-13H2,1-2H3. The fraction of sp³-hybridized carbons (Fsp3) is 0.647. The first-order chi connectivity index (χ1) is 9.85. The highest BCUT2D eigenvalue weighted by atomic mass is 16.5. The smallest absolute Gasteiger partial charge is 0.165 e. The van der Waals surface area contributed by atoms with Crippen molar-refractivity contribution in [1.29, 1.82) is 0 Å². The van der Waals surface area contributed by atoms with E-state index in [1.165, 1.54) is 37.7 Å². The zero-order valence-electron chi connectivity index (χ0n) is 12.8. The highest BCUT2D eigenvalue weighted by Gasteiger charge is 2.14. The van der Waals surface area contributed by atoms with Gasteiger partial charge in [0.25, 0.3) is 0 Å². The maximum atomic E-state index is 5.60. The lowest BCUT2D eigenvalue weighted by Crippen LogP contribution is -2.17. The first-order valence-corrected chi connectivity index (χ1v) is 7.84. The van der Waals surface area contributed by atoms with Gasteiger partial charge in [-0.3, -0.25) is 0 Å². The van der Waals surface area contributed by atoms with E-state index in [4.69, 9.17) is 9.47 Å². The van der Waals surface area contributed by atoms with Crippen molar-refractivity contribution in [3.05, 3.63) is 23.8 Å². The van der Waals surface area contributed by atoms with Crippen molar-refractivity contribution in [2.24, 2.45) is 5.92 Å². The zero-order valence-corrected chi connectivity index (χ0v) is 12.8. The molecule has 0 aliphatic heterocycles. The summed E-state index contributed by atoms with van der Waals surface area (Å²) in [6.07, 6.45) is 6.99. The summed E-state index contributed by atoms with van der Waals surface area (Å²) < 4.78 is 11.1. The van der Waals surface area contributed by atoms with Gasteiger partial charge in [-0.2, -0.15) is 0 Å². The zero-order chi connectivity index (χ0) is 14.2. The minimum atomic E-state index is 0.662. The Morgan fingerprint density at radius 3 is 2.75 bits per heavy atom. The fourth-order valence-corrected chi connectivity index (χ4v) is 3.03. The van der Waals surface area contributed by atoms with E-state index >= 15 is 0 Å². The molecule has 1 aromatic rings. The summed E-state index contributed by atoms with van der Waals surface area (Å²) >= 11 is 0. The molecular formula is C17H27NO2. The maximum Gasteiger partial charge on any atom is 0.165 e. The van der Waals surface area contributed by atoms with Crippen LogP contribution in [0, 0.1) is 5.92 Å². The van der Waals surface area contributed by atoms with Crippen molar-refractivity contribution in [1.82, 2.24) is 5.32 Å². The molecule has 0 bridgehead atoms. The molecule has 2 rings (SSSR count). The molecule has 20 heavy (non-hydrogen) atoms. The third-order valence-electron chi connectivity index (χ3n) is 4.08. The Kier molecular flexibility index (Phi) is 6.19. The van der Waals surface area contributed by atoms with Gasteiger partial charge in [0.2, 0.25) is 0 Å². The monoisotopic (exact) mass is 277 g/mol. The van der Waals surface area contributed by atoms with Crippen molar-refractivity contribution in [3.8, 4) is 11.5 Å². The predicted molar refractivity (Wildman–Crippen MR) is 82.4 cm³/mol. The van der Waals surface area contributed by atoms with Gasteiger partial charge < -0.3 is 14.8 Å². The third-order valence-corrected chi connectivity index (χ3v) is 4.08. The molecule has 0 atom stereocenters. The molecule has 3 nitrogen and oxygen atoms in total. The molecule has 0 saturated heterocycles. The molecule has 1 aliphatic carbocycles. The first kappa shape index (κ1) is 15.2. The minimum absolute atomic E-state index is 0.662. The van der Waals surface area contributed by atoms with Gasteiger partial charge in [0.1, 0.15) is 0 Å². The van der Waals surface area contributed by atoms with E-state index in [0.29, 0.717) is 6.61 Å². The summed E-state index contributed by atoms with van der Waals surface area (Å²) in [5.41, 5.74) is 1.17. The van der Waals surface area contributed by atoms with Crippen LogP contribution < -0.4 is 14.8 Å². The maximum absolute atomic E-state index is 5.60. The molecule has 1 saturated carbocycles. The second kappa shape index (κ2) is 8.15. The number of hydrogen-bond acceptors (Lipinski definition) is 3. The molecule has 0 heterocycles. The Morgan fingerprint density at radius 2 is 2.05 bits per heavy atom. The van der Waals surface area contributed by atoms with Gasteiger partial charge in [-0.05, 0) is 31.9 Å². The molecule has 1 aromatic carbocycles. The number of benzene rings is 1. The van der Waals surface area contributed by atoms with Crippen molar-refractivity contribution in [2.75, 3.05) is 20.3 Å². The molecular weight excluding hydrogens is 250 g/mol. The van der Waals surface area contributed by atoms with Crippen molar-refractivity contribution >= 4 is 0 Å². The van der Waals surface area contributed by atoms with Gasteiger partial charge in [0, 0.05) is 12.1 Å². The Balaban J connectivity index is 1.83. The number of rotatable bonds is 8. The second-order valence-corrected chi connectivity index (χ2v) is 5.50. The molecule has 0 spiro atoms. The molecule has 0 aromatic heterocycles. The summed E-state index contributed by atoms with van der Waals surface area (Å²) in [6, 6.07) is 6.09. The Bertz CT molecular complexity index is 400. The summed E-state index contributed by atoms with van der Waals surface area (Å²) in [5.74, 6) is 2.65. The van der Waals surface area contributed by atoms with Crippen LogP contribution in [0.2, 0.25) is 0 Å². The highest BCUT2D eigenvalue weighted by molar-refractivity contribution is 5.46. The van der Waals surface area contributed by atoms with Crippen LogP contribution in [0.25, 0.3) is 0 Å². The van der Waals surface area contributed by atoms with Gasteiger partial charge in [-0.1, -0.05) is 37.8 Å². The van der Waals surface area contributed by atoms with Crippen molar-refractivity contribution < 1.29 is 9.47 Å². The molecule has 0 unspecified atom stereocenters. The molecule has 1 N–H and O–H groups in total. The van der Waals surface area contributed by atoms with E-state index in [1.807, 2.05) is 19.1 Å². The number of nitrogens with one attached hydrogen (secondary N) is 1. The lowest BCUT2D eigenvalue weighted by atomic mass is 10.0. The molecule has 3 heteroatoms. The number of ether oxygens (including phenoxy) is 2. The summed E-state index contributed by atoms with van der Waals surface area (Å²) in [5, 5.41) is 3.54. The Labute approximate surface area is 122 Å². The van der Waals surface area contributed by atoms with E-state index in [9.17, 15) is 0 Å². The molecule has 0 amide bonds. The quantitative estimate of drug-likeness (QED) is 0.734. The van der Waals surface area contributed by atoms with Gasteiger partial charge in [-0.25, -0.2) is 0 Å². The van der Waals surface area contributed by atoms with Gasteiger partial charge in [0.15, 0.2) is 11.5 Å². The Morgan fingerprint density at radius 1 is 1.25 bits per heavy atom. The van der Waals surface area contributed by atoms with Crippen molar-refractivity contribution in [2.45, 2.75) is 45.6 Å². The number of hydrogen-bond donors (Lipinski definition) is 1. The largest absolute Gasteiger partial charge is 0.493 e. The average molecular weight is 277 g/mol. The normalized spacial score (nSPS) is 15.5. The third kappa shape index (κ3) is 4.14. The molecule has 0 radical (unpaired) electrons. The van der Waals surface area contributed by atoms with E-state index in [1.54, 1.807) is 7.11 Å². The van der Waals surface area contributed by atoms with E-state index in [2.05, 4.69) is 11.4 Å². The second-order valence-electron chi connectivity index (χ2n) is 5.50. The fourth-order valence-electron chi connectivity index (χ4n) is 3.03. The summed E-state index contributed by atoms with van der Waals surface area (Å²) in [6.45, 7) is 4.59. The number of methoxy groups -OCH3 is 1. The van der Waals surface area contributed by atoms with Crippen LogP contribution in [0.4, 0.5) is 0 Å². The minimum Gasteiger partial charge on any atom is -0.493 e. The lowest BCUT2D eigenvalue weighted by molar-refractivity contribution is 0.308. The van der Waals surface area contributed by atoms with Crippen molar-refractivity contribution in [3.63, 3.8) is 0 Å². The molecule has 1 aliphatic rings. The predicted octanol–water partition coefficient (Wildman–Crippen LogP) is 3.76. The SMILES string of the molecule is CCOc1cccc(CNCCC2CCCC2)c1OC. The van der Waals surface area contributed by atoms with Crippen LogP contribution in [0.3, 0.4) is 0 Å². The average Bonchev–Trinajstić information content (AvgIpc) is 2.97. The van der Waals surface area contributed by atoms with E-state index in [-0.39, 0.29) is 0 Å². The molecule has 1 fully saturated rings. The van der Waals surface area contributed by atoms with Crippen LogP contribution in [-0.2, 0) is 6.54 Å². The van der Waals surface area contributed by atoms with Crippen LogP contribution >= 0.6 is 0 Å². The van der Waals surface area contributed by atoms with Crippen LogP contribution in [-0.4, -0.2) is 20.3 Å². The van der Waals surface area contributed by atoms with Crippen LogP contribution in [0.1, 0.15) is 44.6 Å². The van der Waals surface area contributed by atoms with Gasteiger partial charge in [-0.15, -0.1) is 0 Å². The summed E-state index contributed by atoms with van der Waals surface area (Å²) in [4.78, 5) is 0.